The van der Waals surface area contributed by atoms with Gasteiger partial charge < -0.3 is 23.0 Å². The Kier molecular flexibility index (Phi) is 7.12. The first-order chi connectivity index (χ1) is 13.5. The predicted octanol–water partition coefficient (Wildman–Crippen LogP) is 6.12. The van der Waals surface area contributed by atoms with E-state index >= 15 is 0 Å². The van der Waals surface area contributed by atoms with Crippen molar-refractivity contribution in [1.82, 2.24) is 0 Å². The number of fused-ring (bicyclic) bond motifs is 2. The molecule has 2 rings (SSSR count). The Balaban J connectivity index is 2.79. The molecule has 2 heterocycles. The van der Waals surface area contributed by atoms with Crippen LogP contribution >= 0.6 is 23.3 Å². The molecule has 178 valence electrons. The largest absolute Gasteiger partial charge is 0.534 e. The van der Waals surface area contributed by atoms with Crippen molar-refractivity contribution in [3.63, 3.8) is 0 Å². The minimum absolute atomic E-state index is 0.801. The van der Waals surface area contributed by atoms with Gasteiger partial charge in [0.15, 0.2) is 15.3 Å². The van der Waals surface area contributed by atoms with E-state index in [2.05, 4.69) is 22.9 Å². The van der Waals surface area contributed by atoms with Gasteiger partial charge in [0.25, 0.3) is 0 Å². The van der Waals surface area contributed by atoms with Crippen LogP contribution in [0, 0.1) is 0 Å². The molecule has 2 aliphatic heterocycles. The van der Waals surface area contributed by atoms with E-state index in [0.717, 1.165) is 28.4 Å². The van der Waals surface area contributed by atoms with Crippen molar-refractivity contribution in [3.05, 3.63) is 4.86 Å². The molecule has 0 unspecified atom stereocenters. The average Bonchev–Trinajstić information content (AvgIpc) is 2.70. The van der Waals surface area contributed by atoms with Gasteiger partial charge in [0, 0.05) is 14.2 Å². The molecule has 0 aromatic rings. The lowest BCUT2D eigenvalue weighted by Crippen LogP contribution is -2.64. The third-order valence-electron chi connectivity index (χ3n) is 3.77. The van der Waals surface area contributed by atoms with Gasteiger partial charge in [-0.3, -0.25) is 0 Å². The molecule has 1 fully saturated rings. The molecule has 0 N–H and O–H groups in total. The van der Waals surface area contributed by atoms with Gasteiger partial charge in [0.05, 0.1) is 14.2 Å². The summed E-state index contributed by atoms with van der Waals surface area (Å²) in [6.45, 7) is -5.03. The first-order valence-electron chi connectivity index (χ1n) is 7.47. The summed E-state index contributed by atoms with van der Waals surface area (Å²) < 4.78 is 148. The maximum Gasteiger partial charge on any atom is 0.534 e. The quantitative estimate of drug-likeness (QED) is 0.329. The smallest absolute Gasteiger partial charge is 0.481 e. The summed E-state index contributed by atoms with van der Waals surface area (Å²) in [5, 5.41) is 0. The second-order valence-electron chi connectivity index (χ2n) is 5.57. The predicted molar refractivity (Wildman–Crippen MR) is 88.7 cm³/mol. The Labute approximate surface area is 165 Å². The summed E-state index contributed by atoms with van der Waals surface area (Å²) in [4.78, 5) is 3.61. The van der Waals surface area contributed by atoms with Crippen LogP contribution in [0.2, 0.25) is 0 Å². The zero-order valence-corrected chi connectivity index (χ0v) is 18.3. The van der Waals surface area contributed by atoms with Crippen LogP contribution in [0.15, 0.2) is 9.03 Å². The Hall–Kier alpha value is 0.0500. The van der Waals surface area contributed by atoms with Crippen LogP contribution in [0.25, 0.3) is 4.86 Å². The summed E-state index contributed by atoms with van der Waals surface area (Å²) in [7, 11) is -9.34. The first kappa shape index (κ1) is 26.3. The standard InChI is InChI=1S/C10H16F8N3O6P3/c1-22-28(23-2)19-29(24-3)21-30(20-28,25-4)27-6-8(13,14)10(17,18)9(15,16)7(11,12)5-26-29/h5-6H2,1-4H3/t29-,30+. The minimum atomic E-state index is -6.56. The molecule has 0 aliphatic carbocycles. The first-order valence-corrected chi connectivity index (χ1v) is 12.1. The molecule has 30 heavy (non-hydrogen) atoms. The van der Waals surface area contributed by atoms with E-state index in [1.54, 1.807) is 0 Å². The van der Waals surface area contributed by atoms with Crippen LogP contribution in [0.5, 0.6) is 0 Å². The van der Waals surface area contributed by atoms with Gasteiger partial charge >= 0.3 is 31.7 Å². The Morgan fingerprint density at radius 3 is 1.33 bits per heavy atom. The molecule has 0 spiro atoms. The number of nitrogens with zero attached hydrogens (tertiary/aromatic N) is 3. The lowest BCUT2D eigenvalue weighted by molar-refractivity contribution is -0.371. The molecule has 1 saturated heterocycles. The van der Waals surface area contributed by atoms with Crippen LogP contribution in [0.1, 0.15) is 0 Å². The molecule has 2 aliphatic rings. The van der Waals surface area contributed by atoms with Gasteiger partial charge in [0.2, 0.25) is 0 Å². The van der Waals surface area contributed by atoms with Gasteiger partial charge in [-0.25, -0.2) is 0 Å². The van der Waals surface area contributed by atoms with Crippen molar-refractivity contribution < 1.29 is 62.3 Å². The monoisotopic (exact) mass is 519 g/mol. The fourth-order valence-corrected chi connectivity index (χ4v) is 11.0. The summed E-state index contributed by atoms with van der Waals surface area (Å²) in [5.41, 5.74) is 0. The molecule has 0 radical (unpaired) electrons. The fourth-order valence-electron chi connectivity index (χ4n) is 2.03. The Morgan fingerprint density at radius 2 is 1.07 bits per heavy atom. The number of hydrogen-bond donors (Lipinski definition) is 0. The second kappa shape index (κ2) is 8.12. The van der Waals surface area contributed by atoms with Crippen LogP contribution in [-0.2, 0) is 27.1 Å². The highest BCUT2D eigenvalue weighted by Crippen LogP contribution is 2.88. The number of hydrogen-bond acceptors (Lipinski definition) is 8. The lowest BCUT2D eigenvalue weighted by atomic mass is 9.99. The molecule has 9 nitrogen and oxygen atoms in total. The van der Waals surface area contributed by atoms with Gasteiger partial charge in [-0.15, -0.1) is 0 Å². The van der Waals surface area contributed by atoms with Crippen LogP contribution in [0.4, 0.5) is 35.1 Å². The Bertz CT molecular complexity index is 722. The maximum absolute atomic E-state index is 14.0. The summed E-state index contributed by atoms with van der Waals surface area (Å²) in [5.74, 6) is -24.7. The molecular formula is C10H16F8N3O6P3. The van der Waals surface area contributed by atoms with E-state index in [9.17, 15) is 35.1 Å². The van der Waals surface area contributed by atoms with Crippen molar-refractivity contribution in [2.75, 3.05) is 41.7 Å². The van der Waals surface area contributed by atoms with Crippen molar-refractivity contribution in [1.29, 1.82) is 0 Å². The van der Waals surface area contributed by atoms with E-state index < -0.39 is 60.2 Å². The zero-order chi connectivity index (χ0) is 23.3. The molecule has 20 heteroatoms. The molecule has 0 aromatic carbocycles. The summed E-state index contributed by atoms with van der Waals surface area (Å²) in [6.07, 6.45) is 0. The number of halogens is 8. The molecule has 2 atom stereocenters. The highest BCUT2D eigenvalue weighted by Gasteiger charge is 2.81. The third-order valence-corrected chi connectivity index (χ3v) is 12.0. The molecule has 2 bridgehead atoms. The normalized spacial score (nSPS) is 36.7. The van der Waals surface area contributed by atoms with Crippen molar-refractivity contribution >= 4 is 23.3 Å². The van der Waals surface area contributed by atoms with E-state index in [1.165, 1.54) is 0 Å². The van der Waals surface area contributed by atoms with Gasteiger partial charge in [-0.1, -0.05) is 0 Å². The average molecular weight is 519 g/mol. The van der Waals surface area contributed by atoms with E-state index in [1.807, 2.05) is 0 Å². The van der Waals surface area contributed by atoms with E-state index in [-0.39, 0.29) is 0 Å². The third kappa shape index (κ3) is 4.07. The molecule has 0 amide bonds. The molecule has 0 saturated carbocycles. The van der Waals surface area contributed by atoms with E-state index in [0.29, 0.717) is 0 Å². The van der Waals surface area contributed by atoms with E-state index in [4.69, 9.17) is 18.1 Å². The Morgan fingerprint density at radius 1 is 0.733 bits per heavy atom. The highest BCUT2D eigenvalue weighted by molar-refractivity contribution is 7.88. The lowest BCUT2D eigenvalue weighted by Gasteiger charge is -2.43. The van der Waals surface area contributed by atoms with Crippen molar-refractivity contribution in [3.8, 4) is 0 Å². The van der Waals surface area contributed by atoms with Gasteiger partial charge in [-0.2, -0.15) is 44.2 Å². The van der Waals surface area contributed by atoms with Crippen molar-refractivity contribution in [2.24, 2.45) is 9.03 Å². The molecule has 0 aromatic heterocycles. The van der Waals surface area contributed by atoms with Crippen LogP contribution < -0.4 is 0 Å². The number of alkyl halides is 8. The van der Waals surface area contributed by atoms with Gasteiger partial charge in [0.1, 0.15) is 13.2 Å². The highest BCUT2D eigenvalue weighted by atomic mass is 31.3. The fraction of sp³-hybridized carbons (Fsp3) is 1.00. The minimum Gasteiger partial charge on any atom is -0.481 e. The maximum atomic E-state index is 14.0. The van der Waals surface area contributed by atoms with Crippen LogP contribution in [-0.4, -0.2) is 65.3 Å². The van der Waals surface area contributed by atoms with Crippen molar-refractivity contribution in [2.45, 2.75) is 23.7 Å². The van der Waals surface area contributed by atoms with Crippen LogP contribution in [0.3, 0.4) is 0 Å². The number of rotatable bonds is 4. The summed E-state index contributed by atoms with van der Waals surface area (Å²) >= 11 is 0. The molecular weight excluding hydrogens is 503 g/mol. The topological polar surface area (TPSA) is 94.2 Å². The summed E-state index contributed by atoms with van der Waals surface area (Å²) in [6, 6.07) is 0. The zero-order valence-electron chi connectivity index (χ0n) is 15.6. The second-order valence-corrected chi connectivity index (χ2v) is 12.6. The SMILES string of the molecule is CO[P@]12=N[P+](OC)(OC)N=[P@](OC)([N-]1)OCC(F)(F)C(F)(F)C(F)(F)C(F)(F)CO2. The van der Waals surface area contributed by atoms with Gasteiger partial charge in [-0.05, 0) is 9.03 Å².